The van der Waals surface area contributed by atoms with E-state index in [2.05, 4.69) is 20.1 Å². The summed E-state index contributed by atoms with van der Waals surface area (Å²) >= 11 is 0. The topological polar surface area (TPSA) is 95.0 Å². The van der Waals surface area contributed by atoms with Crippen LogP contribution < -0.4 is 0 Å². The van der Waals surface area contributed by atoms with E-state index < -0.39 is 9.84 Å². The van der Waals surface area contributed by atoms with Crippen LogP contribution in [0.3, 0.4) is 0 Å². The number of imidazole rings is 1. The van der Waals surface area contributed by atoms with Crippen molar-refractivity contribution in [3.63, 3.8) is 0 Å². The average molecular weight is 370 g/mol. The molecule has 4 rings (SSSR count). The molecule has 9 heteroatoms. The smallest absolute Gasteiger partial charge is 0.199 e. The Bertz CT molecular complexity index is 1120. The zero-order valence-corrected chi connectivity index (χ0v) is 15.4. The van der Waals surface area contributed by atoms with E-state index in [1.165, 1.54) is 5.56 Å². The highest BCUT2D eigenvalue weighted by atomic mass is 32.2. The second-order valence-corrected chi connectivity index (χ2v) is 7.73. The maximum absolute atomic E-state index is 11.8. The summed E-state index contributed by atoms with van der Waals surface area (Å²) in [6.07, 6.45) is 13.2. The van der Waals surface area contributed by atoms with E-state index in [0.717, 1.165) is 11.8 Å². The van der Waals surface area contributed by atoms with Gasteiger partial charge in [0.25, 0.3) is 0 Å². The monoisotopic (exact) mass is 370 g/mol. The first-order valence-electron chi connectivity index (χ1n) is 7.74. The number of nitrogens with zero attached hydrogens (tertiary/aromatic N) is 6. The number of pyridine rings is 1. The minimum absolute atomic E-state index is 0.0288. The third-order valence-electron chi connectivity index (χ3n) is 3.49. The maximum atomic E-state index is 11.8. The minimum Gasteiger partial charge on any atom is -0.303 e. The molecule has 4 heterocycles. The van der Waals surface area contributed by atoms with Crippen molar-refractivity contribution in [3.05, 3.63) is 61.1 Å². The standard InChI is InChI=1S/C12H10N4O2S.C5H8N2/c1-19(17,18)12-11-14-5-6-16(11)8-10(15-12)9-3-2-4-13-7-9;1-5-3-6-7(2)4-5/h2-8H,1H3;3-4H,1-2H3. The maximum Gasteiger partial charge on any atom is 0.199 e. The first kappa shape index (κ1) is 17.7. The lowest BCUT2D eigenvalue weighted by molar-refractivity contribution is 0.598. The molecule has 26 heavy (non-hydrogen) atoms. The van der Waals surface area contributed by atoms with Crippen LogP contribution in [-0.4, -0.2) is 43.8 Å². The van der Waals surface area contributed by atoms with E-state index in [1.807, 2.05) is 32.4 Å². The van der Waals surface area contributed by atoms with Crippen molar-refractivity contribution >= 4 is 15.5 Å². The fraction of sp³-hybridized carbons (Fsp3) is 0.176. The number of hydrogen-bond donors (Lipinski definition) is 0. The summed E-state index contributed by atoms with van der Waals surface area (Å²) in [5.74, 6) is 0. The van der Waals surface area contributed by atoms with Crippen molar-refractivity contribution in [2.45, 2.75) is 11.9 Å². The molecule has 4 aromatic heterocycles. The Labute approximate surface area is 151 Å². The van der Waals surface area contributed by atoms with Gasteiger partial charge in [-0.3, -0.25) is 9.67 Å². The molecule has 4 aromatic rings. The van der Waals surface area contributed by atoms with Crippen molar-refractivity contribution in [1.82, 2.24) is 29.1 Å². The van der Waals surface area contributed by atoms with Crippen LogP contribution in [0.25, 0.3) is 16.9 Å². The van der Waals surface area contributed by atoms with E-state index in [4.69, 9.17) is 0 Å². The van der Waals surface area contributed by atoms with Gasteiger partial charge in [-0.15, -0.1) is 0 Å². The second-order valence-electron chi connectivity index (χ2n) is 5.79. The molecule has 0 radical (unpaired) electrons. The van der Waals surface area contributed by atoms with Crippen LogP contribution >= 0.6 is 0 Å². The molecule has 0 saturated carbocycles. The normalized spacial score (nSPS) is 11.2. The van der Waals surface area contributed by atoms with Gasteiger partial charge >= 0.3 is 0 Å². The number of aryl methyl sites for hydroxylation is 2. The first-order valence-corrected chi connectivity index (χ1v) is 9.63. The Hall–Kier alpha value is -3.07. The molecule has 0 amide bonds. The summed E-state index contributed by atoms with van der Waals surface area (Å²) in [6.45, 7) is 2.02. The van der Waals surface area contributed by atoms with Gasteiger partial charge in [0.15, 0.2) is 20.5 Å². The number of hydrogen-bond acceptors (Lipinski definition) is 6. The molecule has 0 saturated heterocycles. The second kappa shape index (κ2) is 7.04. The molecule has 8 nitrogen and oxygen atoms in total. The van der Waals surface area contributed by atoms with Gasteiger partial charge in [0, 0.05) is 56.0 Å². The molecule has 0 atom stereocenters. The third-order valence-corrected chi connectivity index (χ3v) is 4.46. The van der Waals surface area contributed by atoms with Gasteiger partial charge in [0.1, 0.15) is 0 Å². The summed E-state index contributed by atoms with van der Waals surface area (Å²) in [5, 5.41) is 3.90. The van der Waals surface area contributed by atoms with Gasteiger partial charge in [-0.05, 0) is 24.6 Å². The quantitative estimate of drug-likeness (QED) is 0.535. The molecular formula is C17H18N6O2S. The van der Waals surface area contributed by atoms with Crippen molar-refractivity contribution in [2.75, 3.05) is 6.26 Å². The van der Waals surface area contributed by atoms with E-state index in [9.17, 15) is 8.42 Å². The molecule has 0 aliphatic rings. The van der Waals surface area contributed by atoms with Crippen LogP contribution in [0.5, 0.6) is 0 Å². The number of rotatable bonds is 2. The van der Waals surface area contributed by atoms with Gasteiger partial charge in [-0.2, -0.15) is 5.10 Å². The van der Waals surface area contributed by atoms with Crippen LogP contribution in [-0.2, 0) is 16.9 Å². The molecule has 0 bridgehead atoms. The molecule has 134 valence electrons. The number of aromatic nitrogens is 6. The summed E-state index contributed by atoms with van der Waals surface area (Å²) in [5.41, 5.74) is 2.83. The fourth-order valence-electron chi connectivity index (χ4n) is 2.35. The number of fused-ring (bicyclic) bond motifs is 1. The Balaban J connectivity index is 0.000000236. The Morgan fingerprint density at radius 1 is 1.12 bits per heavy atom. The summed E-state index contributed by atoms with van der Waals surface area (Å²) in [7, 11) is -1.53. The Morgan fingerprint density at radius 2 is 1.92 bits per heavy atom. The average Bonchev–Trinajstić information content (AvgIpc) is 3.22. The highest BCUT2D eigenvalue weighted by Gasteiger charge is 2.17. The molecule has 0 N–H and O–H groups in total. The minimum atomic E-state index is -3.44. The fourth-order valence-corrected chi connectivity index (χ4v) is 3.10. The van der Waals surface area contributed by atoms with Crippen molar-refractivity contribution in [2.24, 2.45) is 7.05 Å². The van der Waals surface area contributed by atoms with Crippen LogP contribution in [0.2, 0.25) is 0 Å². The lowest BCUT2D eigenvalue weighted by atomic mass is 10.2. The molecular weight excluding hydrogens is 352 g/mol. The lowest BCUT2D eigenvalue weighted by Crippen LogP contribution is -2.05. The summed E-state index contributed by atoms with van der Waals surface area (Å²) in [4.78, 5) is 12.2. The van der Waals surface area contributed by atoms with Crippen LogP contribution in [0.1, 0.15) is 5.56 Å². The van der Waals surface area contributed by atoms with E-state index in [0.29, 0.717) is 11.3 Å². The summed E-state index contributed by atoms with van der Waals surface area (Å²) < 4.78 is 27.0. The Morgan fingerprint density at radius 3 is 2.46 bits per heavy atom. The van der Waals surface area contributed by atoms with Crippen molar-refractivity contribution in [3.8, 4) is 11.3 Å². The number of sulfone groups is 1. The van der Waals surface area contributed by atoms with Crippen LogP contribution in [0.15, 0.2) is 60.5 Å². The first-order chi connectivity index (χ1) is 12.3. The predicted octanol–water partition coefficient (Wildman–Crippen LogP) is 1.92. The van der Waals surface area contributed by atoms with Crippen molar-refractivity contribution in [1.29, 1.82) is 0 Å². The van der Waals surface area contributed by atoms with Crippen LogP contribution in [0.4, 0.5) is 0 Å². The molecule has 0 aromatic carbocycles. The highest BCUT2D eigenvalue weighted by Crippen LogP contribution is 2.20. The van der Waals surface area contributed by atoms with Gasteiger partial charge in [0.05, 0.1) is 11.9 Å². The zero-order valence-electron chi connectivity index (χ0n) is 14.6. The Kier molecular flexibility index (Phi) is 4.81. The molecule has 0 aliphatic heterocycles. The third kappa shape index (κ3) is 3.94. The van der Waals surface area contributed by atoms with Gasteiger partial charge < -0.3 is 4.40 Å². The van der Waals surface area contributed by atoms with E-state index in [1.54, 1.807) is 46.1 Å². The summed E-state index contributed by atoms with van der Waals surface area (Å²) in [6, 6.07) is 3.60. The molecule has 0 fully saturated rings. The highest BCUT2D eigenvalue weighted by molar-refractivity contribution is 7.90. The SMILES string of the molecule is CS(=O)(=O)c1nc(-c2cccnc2)cn2ccnc12.Cc1cnn(C)c1. The predicted molar refractivity (Wildman–Crippen MR) is 97.3 cm³/mol. The molecule has 0 spiro atoms. The van der Waals surface area contributed by atoms with Crippen molar-refractivity contribution < 1.29 is 8.42 Å². The zero-order chi connectivity index (χ0) is 18.7. The van der Waals surface area contributed by atoms with Gasteiger partial charge in [0.2, 0.25) is 0 Å². The van der Waals surface area contributed by atoms with Gasteiger partial charge in [-0.25, -0.2) is 18.4 Å². The van der Waals surface area contributed by atoms with Crippen LogP contribution in [0, 0.1) is 6.92 Å². The van der Waals surface area contributed by atoms with Gasteiger partial charge in [-0.1, -0.05) is 0 Å². The molecule has 0 aliphatic carbocycles. The van der Waals surface area contributed by atoms with E-state index >= 15 is 0 Å². The lowest BCUT2D eigenvalue weighted by Gasteiger charge is -2.05. The van der Waals surface area contributed by atoms with E-state index in [-0.39, 0.29) is 5.03 Å². The molecule has 0 unspecified atom stereocenters. The largest absolute Gasteiger partial charge is 0.303 e.